The Hall–Kier alpha value is -1.51. The molecule has 21 heavy (non-hydrogen) atoms. The lowest BCUT2D eigenvalue weighted by molar-refractivity contribution is 0.0697. The summed E-state index contributed by atoms with van der Waals surface area (Å²) < 4.78 is 0. The molecule has 0 spiro atoms. The number of aryl methyl sites for hydroxylation is 1. The third kappa shape index (κ3) is 2.14. The molecule has 3 nitrogen and oxygen atoms in total. The fourth-order valence-electron chi connectivity index (χ4n) is 4.73. The average molecular weight is 287 g/mol. The van der Waals surface area contributed by atoms with E-state index < -0.39 is 5.97 Å². The Kier molecular flexibility index (Phi) is 3.09. The first-order chi connectivity index (χ1) is 9.74. The fourth-order valence-corrected chi connectivity index (χ4v) is 4.73. The minimum Gasteiger partial charge on any atom is -0.478 e. The van der Waals surface area contributed by atoms with Gasteiger partial charge >= 0.3 is 5.97 Å². The minimum atomic E-state index is -0.864. The van der Waals surface area contributed by atoms with E-state index in [-0.39, 0.29) is 5.41 Å². The van der Waals surface area contributed by atoms with Crippen molar-refractivity contribution in [2.75, 3.05) is 5.32 Å². The number of hydrogen-bond donors (Lipinski definition) is 2. The molecule has 2 N–H and O–H groups in total. The van der Waals surface area contributed by atoms with E-state index in [4.69, 9.17) is 0 Å². The van der Waals surface area contributed by atoms with E-state index in [0.29, 0.717) is 17.0 Å². The summed E-state index contributed by atoms with van der Waals surface area (Å²) in [6.07, 6.45) is 3.89. The highest BCUT2D eigenvalue weighted by Gasteiger charge is 2.59. The van der Waals surface area contributed by atoms with Crippen molar-refractivity contribution in [2.24, 2.45) is 16.7 Å². The topological polar surface area (TPSA) is 49.3 Å². The summed E-state index contributed by atoms with van der Waals surface area (Å²) in [7, 11) is 0. The Labute approximate surface area is 126 Å². The molecular formula is C18H25NO2. The zero-order valence-corrected chi connectivity index (χ0v) is 13.4. The molecular weight excluding hydrogens is 262 g/mol. The third-order valence-corrected chi connectivity index (χ3v) is 6.05. The van der Waals surface area contributed by atoms with Crippen LogP contribution >= 0.6 is 0 Å². The molecule has 2 saturated carbocycles. The van der Waals surface area contributed by atoms with E-state index >= 15 is 0 Å². The van der Waals surface area contributed by atoms with Crippen LogP contribution in [0.25, 0.3) is 0 Å². The van der Waals surface area contributed by atoms with Crippen LogP contribution in [0.4, 0.5) is 5.69 Å². The Balaban J connectivity index is 1.93. The second-order valence-corrected chi connectivity index (χ2v) is 7.83. The molecule has 0 amide bonds. The maximum atomic E-state index is 11.2. The zero-order chi connectivity index (χ0) is 15.4. The number of anilines is 1. The molecule has 3 rings (SSSR count). The van der Waals surface area contributed by atoms with Gasteiger partial charge in [0.25, 0.3) is 0 Å². The van der Waals surface area contributed by atoms with Crippen LogP contribution in [0.15, 0.2) is 18.2 Å². The summed E-state index contributed by atoms with van der Waals surface area (Å²) in [5.74, 6) is -0.0839. The van der Waals surface area contributed by atoms with Crippen LogP contribution in [-0.4, -0.2) is 17.1 Å². The van der Waals surface area contributed by atoms with Crippen molar-refractivity contribution in [3.8, 4) is 0 Å². The summed E-state index contributed by atoms with van der Waals surface area (Å²) in [5, 5.41) is 12.9. The fraction of sp³-hybridized carbons (Fsp3) is 0.611. The van der Waals surface area contributed by atoms with Gasteiger partial charge < -0.3 is 10.4 Å². The Morgan fingerprint density at radius 1 is 1.33 bits per heavy atom. The van der Waals surface area contributed by atoms with E-state index in [1.54, 1.807) is 12.1 Å². The van der Waals surface area contributed by atoms with Gasteiger partial charge in [0.05, 0.1) is 5.56 Å². The predicted octanol–water partition coefficient (Wildman–Crippen LogP) is 4.32. The number of nitrogens with one attached hydrogen (secondary N) is 1. The molecule has 2 aliphatic rings. The molecule has 2 aliphatic carbocycles. The largest absolute Gasteiger partial charge is 0.478 e. The van der Waals surface area contributed by atoms with E-state index in [1.165, 1.54) is 19.3 Å². The quantitative estimate of drug-likeness (QED) is 0.870. The van der Waals surface area contributed by atoms with Crippen LogP contribution in [0.1, 0.15) is 56.0 Å². The van der Waals surface area contributed by atoms with Gasteiger partial charge in [-0.25, -0.2) is 4.79 Å². The highest BCUT2D eigenvalue weighted by molar-refractivity contribution is 5.89. The summed E-state index contributed by atoms with van der Waals surface area (Å²) in [6.45, 7) is 9.14. The molecule has 0 aliphatic heterocycles. The second kappa shape index (κ2) is 4.49. The van der Waals surface area contributed by atoms with Gasteiger partial charge in [0.1, 0.15) is 0 Å². The summed E-state index contributed by atoms with van der Waals surface area (Å²) in [4.78, 5) is 11.2. The number of benzene rings is 1. The molecule has 2 bridgehead atoms. The lowest BCUT2D eigenvalue weighted by Crippen LogP contribution is -2.45. The highest BCUT2D eigenvalue weighted by atomic mass is 16.4. The summed E-state index contributed by atoms with van der Waals surface area (Å²) >= 11 is 0. The summed E-state index contributed by atoms with van der Waals surface area (Å²) in [5.41, 5.74) is 3.04. The van der Waals surface area contributed by atoms with E-state index in [1.807, 2.05) is 13.0 Å². The van der Waals surface area contributed by atoms with Crippen molar-refractivity contribution in [1.29, 1.82) is 0 Å². The second-order valence-electron chi connectivity index (χ2n) is 7.83. The van der Waals surface area contributed by atoms with Gasteiger partial charge in [0, 0.05) is 11.7 Å². The number of carbonyl (C=O) groups is 1. The Bertz CT molecular complexity index is 588. The molecule has 1 aromatic carbocycles. The van der Waals surface area contributed by atoms with Gasteiger partial charge in [-0.05, 0) is 60.6 Å². The van der Waals surface area contributed by atoms with Crippen molar-refractivity contribution in [3.05, 3.63) is 29.3 Å². The lowest BCUT2D eigenvalue weighted by Gasteiger charge is -2.44. The van der Waals surface area contributed by atoms with Gasteiger partial charge in [-0.15, -0.1) is 0 Å². The van der Waals surface area contributed by atoms with Crippen molar-refractivity contribution >= 4 is 11.7 Å². The van der Waals surface area contributed by atoms with Gasteiger partial charge in [-0.2, -0.15) is 0 Å². The number of aromatic carboxylic acids is 1. The SMILES string of the molecule is Cc1ccc(C(=O)O)cc1NC1C2(C)CCC(C2)C1(C)C. The van der Waals surface area contributed by atoms with Crippen LogP contribution < -0.4 is 5.32 Å². The molecule has 3 atom stereocenters. The van der Waals surface area contributed by atoms with Crippen molar-refractivity contribution in [2.45, 2.75) is 53.0 Å². The molecule has 3 unspecified atom stereocenters. The Morgan fingerprint density at radius 2 is 2.05 bits per heavy atom. The molecule has 0 saturated heterocycles. The first kappa shape index (κ1) is 14.4. The van der Waals surface area contributed by atoms with Crippen LogP contribution in [0.2, 0.25) is 0 Å². The minimum absolute atomic E-state index is 0.263. The molecule has 2 fully saturated rings. The normalized spacial score (nSPS) is 33.1. The van der Waals surface area contributed by atoms with E-state index in [9.17, 15) is 9.90 Å². The van der Waals surface area contributed by atoms with Crippen molar-refractivity contribution < 1.29 is 9.90 Å². The summed E-state index contributed by atoms with van der Waals surface area (Å²) in [6, 6.07) is 5.76. The maximum absolute atomic E-state index is 11.2. The van der Waals surface area contributed by atoms with Crippen molar-refractivity contribution in [1.82, 2.24) is 0 Å². The van der Waals surface area contributed by atoms with Crippen molar-refractivity contribution in [3.63, 3.8) is 0 Å². The van der Waals surface area contributed by atoms with Crippen LogP contribution in [0, 0.1) is 23.7 Å². The molecule has 114 valence electrons. The number of rotatable bonds is 3. The number of carboxylic acids is 1. The smallest absolute Gasteiger partial charge is 0.335 e. The average Bonchev–Trinajstić information content (AvgIpc) is 2.87. The zero-order valence-electron chi connectivity index (χ0n) is 13.4. The van der Waals surface area contributed by atoms with Crippen LogP contribution in [-0.2, 0) is 0 Å². The first-order valence-corrected chi connectivity index (χ1v) is 7.84. The van der Waals surface area contributed by atoms with Gasteiger partial charge in [-0.3, -0.25) is 0 Å². The van der Waals surface area contributed by atoms with Gasteiger partial charge in [-0.1, -0.05) is 26.8 Å². The van der Waals surface area contributed by atoms with E-state index in [2.05, 4.69) is 26.1 Å². The van der Waals surface area contributed by atoms with Crippen LogP contribution in [0.5, 0.6) is 0 Å². The molecule has 3 heteroatoms. The van der Waals surface area contributed by atoms with Gasteiger partial charge in [0.2, 0.25) is 0 Å². The molecule has 1 aromatic rings. The molecule has 0 aromatic heterocycles. The molecule has 0 radical (unpaired) electrons. The maximum Gasteiger partial charge on any atom is 0.335 e. The lowest BCUT2D eigenvalue weighted by atomic mass is 9.68. The third-order valence-electron chi connectivity index (χ3n) is 6.05. The van der Waals surface area contributed by atoms with Gasteiger partial charge in [0.15, 0.2) is 0 Å². The number of carboxylic acid groups (broad SMARTS) is 1. The standard InChI is InChI=1S/C18H25NO2/c1-11-5-6-12(15(20)21)9-14(11)19-16-17(2,3)13-7-8-18(16,4)10-13/h5-6,9,13,16,19H,7-8,10H2,1-4H3,(H,20,21). The predicted molar refractivity (Wildman–Crippen MR) is 84.8 cm³/mol. The van der Waals surface area contributed by atoms with Crippen LogP contribution in [0.3, 0.4) is 0 Å². The Morgan fingerprint density at radius 3 is 2.62 bits per heavy atom. The highest BCUT2D eigenvalue weighted by Crippen LogP contribution is 2.63. The monoisotopic (exact) mass is 287 g/mol. The molecule has 0 heterocycles. The van der Waals surface area contributed by atoms with E-state index in [0.717, 1.165) is 17.2 Å². The number of hydrogen-bond acceptors (Lipinski definition) is 2. The number of fused-ring (bicyclic) bond motifs is 2. The first-order valence-electron chi connectivity index (χ1n) is 7.84.